The fourth-order valence-corrected chi connectivity index (χ4v) is 3.65. The fourth-order valence-electron chi connectivity index (χ4n) is 3.52. The summed E-state index contributed by atoms with van der Waals surface area (Å²) in [5, 5.41) is 4.45. The van der Waals surface area contributed by atoms with Gasteiger partial charge >= 0.3 is 0 Å². The molecule has 2 nitrogen and oxygen atoms in total. The van der Waals surface area contributed by atoms with Crippen molar-refractivity contribution in [2.75, 3.05) is 13.2 Å². The largest absolute Gasteiger partial charge is 0.373 e. The van der Waals surface area contributed by atoms with Crippen molar-refractivity contribution >= 4 is 11.6 Å². The van der Waals surface area contributed by atoms with E-state index >= 15 is 0 Å². The first-order valence-corrected chi connectivity index (χ1v) is 8.62. The van der Waals surface area contributed by atoms with E-state index in [2.05, 4.69) is 38.2 Å². The normalized spacial score (nSPS) is 27.5. The second kappa shape index (κ2) is 7.62. The first-order chi connectivity index (χ1) is 10.1. The van der Waals surface area contributed by atoms with Crippen molar-refractivity contribution in [3.05, 3.63) is 34.9 Å². The Hall–Kier alpha value is -0.570. The Kier molecular flexibility index (Phi) is 6.09. The summed E-state index contributed by atoms with van der Waals surface area (Å²) in [7, 11) is 0. The van der Waals surface area contributed by atoms with Crippen molar-refractivity contribution in [3.8, 4) is 0 Å². The molecule has 2 rings (SSSR count). The molecule has 0 aliphatic heterocycles. The first kappa shape index (κ1) is 16.8. The molecule has 1 unspecified atom stereocenters. The molecule has 1 aromatic carbocycles. The van der Waals surface area contributed by atoms with Crippen LogP contribution in [0, 0.1) is 5.92 Å². The molecule has 0 heterocycles. The predicted octanol–water partition coefficient (Wildman–Crippen LogP) is 4.98. The molecule has 3 heteroatoms. The summed E-state index contributed by atoms with van der Waals surface area (Å²) in [6.07, 6.45) is 4.75. The van der Waals surface area contributed by atoms with Crippen molar-refractivity contribution in [2.24, 2.45) is 5.92 Å². The lowest BCUT2D eigenvalue weighted by molar-refractivity contribution is -0.0973. The van der Waals surface area contributed by atoms with E-state index in [9.17, 15) is 0 Å². The average molecular weight is 310 g/mol. The lowest BCUT2D eigenvalue weighted by Gasteiger charge is -2.45. The number of ether oxygens (including phenoxy) is 1. The topological polar surface area (TPSA) is 21.3 Å². The molecule has 0 spiro atoms. The van der Waals surface area contributed by atoms with Gasteiger partial charge in [0.25, 0.3) is 0 Å². The molecule has 0 aromatic heterocycles. The second-order valence-corrected chi connectivity index (χ2v) is 6.66. The van der Waals surface area contributed by atoms with Gasteiger partial charge in [0.1, 0.15) is 0 Å². The molecule has 118 valence electrons. The number of benzene rings is 1. The highest BCUT2D eigenvalue weighted by atomic mass is 35.5. The van der Waals surface area contributed by atoms with Crippen LogP contribution in [0.3, 0.4) is 0 Å². The Labute approximate surface area is 134 Å². The van der Waals surface area contributed by atoms with Gasteiger partial charge in [-0.25, -0.2) is 0 Å². The van der Waals surface area contributed by atoms with Gasteiger partial charge < -0.3 is 10.1 Å². The van der Waals surface area contributed by atoms with Gasteiger partial charge in [-0.3, -0.25) is 0 Å². The van der Waals surface area contributed by atoms with E-state index < -0.39 is 0 Å². The molecule has 1 fully saturated rings. The summed E-state index contributed by atoms with van der Waals surface area (Å²) in [5.74, 6) is 0.811. The minimum Gasteiger partial charge on any atom is -0.373 e. The monoisotopic (exact) mass is 309 g/mol. The Morgan fingerprint density at radius 3 is 2.38 bits per heavy atom. The van der Waals surface area contributed by atoms with Crippen LogP contribution in [-0.2, 0) is 4.74 Å². The Morgan fingerprint density at radius 1 is 1.24 bits per heavy atom. The first-order valence-electron chi connectivity index (χ1n) is 8.24. The SMILES string of the molecule is CCNC(c1ccc(Cl)cc1)C1(OCC)CCC(C)CC1. The zero-order valence-corrected chi connectivity index (χ0v) is 14.2. The van der Waals surface area contributed by atoms with Crippen LogP contribution in [0.5, 0.6) is 0 Å². The second-order valence-electron chi connectivity index (χ2n) is 6.22. The third-order valence-electron chi connectivity index (χ3n) is 4.69. The van der Waals surface area contributed by atoms with Crippen LogP contribution in [0.4, 0.5) is 0 Å². The smallest absolute Gasteiger partial charge is 0.0876 e. The van der Waals surface area contributed by atoms with Crippen molar-refractivity contribution in [2.45, 2.75) is 58.1 Å². The van der Waals surface area contributed by atoms with Gasteiger partial charge in [-0.2, -0.15) is 0 Å². The quantitative estimate of drug-likeness (QED) is 0.800. The number of nitrogens with one attached hydrogen (secondary N) is 1. The van der Waals surface area contributed by atoms with Gasteiger partial charge in [0.2, 0.25) is 0 Å². The Morgan fingerprint density at radius 2 is 1.86 bits per heavy atom. The zero-order chi connectivity index (χ0) is 15.3. The lowest BCUT2D eigenvalue weighted by Crippen LogP contribution is -2.48. The van der Waals surface area contributed by atoms with E-state index in [4.69, 9.17) is 16.3 Å². The number of rotatable bonds is 6. The van der Waals surface area contributed by atoms with Gasteiger partial charge in [-0.1, -0.05) is 37.6 Å². The van der Waals surface area contributed by atoms with Crippen LogP contribution >= 0.6 is 11.6 Å². The predicted molar refractivity (Wildman–Crippen MR) is 89.9 cm³/mol. The molecule has 21 heavy (non-hydrogen) atoms. The Bertz CT molecular complexity index is 423. The molecule has 0 saturated heterocycles. The van der Waals surface area contributed by atoms with Gasteiger partial charge in [0.15, 0.2) is 0 Å². The summed E-state index contributed by atoms with van der Waals surface area (Å²) >= 11 is 6.04. The third kappa shape index (κ3) is 4.00. The molecule has 1 aromatic rings. The van der Waals surface area contributed by atoms with E-state index in [1.54, 1.807) is 0 Å². The maximum Gasteiger partial charge on any atom is 0.0876 e. The summed E-state index contributed by atoms with van der Waals surface area (Å²) in [6, 6.07) is 8.47. The van der Waals surface area contributed by atoms with Crippen LogP contribution in [0.1, 0.15) is 58.1 Å². The van der Waals surface area contributed by atoms with Gasteiger partial charge in [0, 0.05) is 11.6 Å². The zero-order valence-electron chi connectivity index (χ0n) is 13.5. The molecule has 1 saturated carbocycles. The van der Waals surface area contributed by atoms with Crippen LogP contribution in [0.15, 0.2) is 24.3 Å². The van der Waals surface area contributed by atoms with Crippen molar-refractivity contribution in [1.82, 2.24) is 5.32 Å². The number of likely N-dealkylation sites (N-methyl/N-ethyl adjacent to an activating group) is 1. The molecule has 1 aliphatic rings. The highest BCUT2D eigenvalue weighted by molar-refractivity contribution is 6.30. The summed E-state index contributed by atoms with van der Waals surface area (Å²) in [4.78, 5) is 0. The van der Waals surface area contributed by atoms with Gasteiger partial charge in [0.05, 0.1) is 11.6 Å². The minimum absolute atomic E-state index is 0.0783. The van der Waals surface area contributed by atoms with Crippen molar-refractivity contribution < 1.29 is 4.74 Å². The highest BCUT2D eigenvalue weighted by Crippen LogP contribution is 2.43. The van der Waals surface area contributed by atoms with Crippen LogP contribution < -0.4 is 5.32 Å². The summed E-state index contributed by atoms with van der Waals surface area (Å²) < 4.78 is 6.32. The maximum atomic E-state index is 6.32. The van der Waals surface area contributed by atoms with Crippen molar-refractivity contribution in [1.29, 1.82) is 0 Å². The van der Waals surface area contributed by atoms with E-state index in [-0.39, 0.29) is 11.6 Å². The number of halogens is 1. The molecule has 1 N–H and O–H groups in total. The molecular weight excluding hydrogens is 282 g/mol. The number of hydrogen-bond donors (Lipinski definition) is 1. The van der Waals surface area contributed by atoms with E-state index in [0.717, 1.165) is 36.9 Å². The molecule has 1 atom stereocenters. The lowest BCUT2D eigenvalue weighted by atomic mass is 9.73. The molecular formula is C18H28ClNO. The standard InChI is InChI=1S/C18H28ClNO/c1-4-20-17(15-6-8-16(19)9-7-15)18(21-5-2)12-10-14(3)11-13-18/h6-9,14,17,20H,4-5,10-13H2,1-3H3. The highest BCUT2D eigenvalue weighted by Gasteiger charge is 2.42. The van der Waals surface area contributed by atoms with Crippen LogP contribution in [-0.4, -0.2) is 18.8 Å². The minimum atomic E-state index is -0.0783. The third-order valence-corrected chi connectivity index (χ3v) is 4.94. The van der Waals surface area contributed by atoms with E-state index in [1.165, 1.54) is 18.4 Å². The summed E-state index contributed by atoms with van der Waals surface area (Å²) in [6.45, 7) is 8.32. The maximum absolute atomic E-state index is 6.32. The average Bonchev–Trinajstić information content (AvgIpc) is 2.49. The van der Waals surface area contributed by atoms with Gasteiger partial charge in [-0.15, -0.1) is 0 Å². The Balaban J connectivity index is 2.29. The van der Waals surface area contributed by atoms with Crippen molar-refractivity contribution in [3.63, 3.8) is 0 Å². The summed E-state index contributed by atoms with van der Waals surface area (Å²) in [5.41, 5.74) is 1.20. The fraction of sp³-hybridized carbons (Fsp3) is 0.667. The molecule has 0 amide bonds. The van der Waals surface area contributed by atoms with E-state index in [1.807, 2.05) is 12.1 Å². The molecule has 0 radical (unpaired) electrons. The number of hydrogen-bond acceptors (Lipinski definition) is 2. The van der Waals surface area contributed by atoms with Crippen LogP contribution in [0.2, 0.25) is 5.02 Å². The van der Waals surface area contributed by atoms with Crippen LogP contribution in [0.25, 0.3) is 0 Å². The van der Waals surface area contributed by atoms with Gasteiger partial charge in [-0.05, 0) is 62.8 Å². The molecule has 0 bridgehead atoms. The van der Waals surface area contributed by atoms with E-state index in [0.29, 0.717) is 0 Å². The molecule has 1 aliphatic carbocycles.